The smallest absolute Gasteiger partial charge is 0.114 e. The van der Waals surface area contributed by atoms with Crippen LogP contribution in [-0.4, -0.2) is 36.8 Å². The van der Waals surface area contributed by atoms with Crippen molar-refractivity contribution in [1.29, 1.82) is 0 Å². The molecule has 5 aliphatic rings. The molecule has 0 spiro atoms. The molecule has 5 atom stereocenters. The zero-order valence-corrected chi connectivity index (χ0v) is 20.2. The normalized spacial score (nSPS) is 36.3. The standard InChI is InChI=1S/C25H35Cl2FN4/c26-18-6-3-15(4-7-18)16-5-10-23-20(12-16)25(30-19-8-9-22(28)21(27)13-19)32-24(31-23)17-2-1-11-29-14-17/h2-3,16,18-19,24-25,29-32H,1,4-14H2. The molecule has 2 heterocycles. The van der Waals surface area contributed by atoms with Gasteiger partial charge in [-0.25, -0.2) is 4.39 Å². The number of alkyl halides is 1. The highest BCUT2D eigenvalue weighted by Crippen LogP contribution is 2.40. The van der Waals surface area contributed by atoms with Gasteiger partial charge in [0.25, 0.3) is 0 Å². The highest BCUT2D eigenvalue weighted by atomic mass is 35.5. The van der Waals surface area contributed by atoms with E-state index in [-0.39, 0.29) is 24.2 Å². The third-order valence-corrected chi connectivity index (χ3v) is 8.52. The molecule has 2 aliphatic heterocycles. The van der Waals surface area contributed by atoms with Crippen molar-refractivity contribution >= 4 is 23.2 Å². The molecular weight excluding hydrogens is 446 g/mol. The van der Waals surface area contributed by atoms with E-state index in [1.165, 1.54) is 23.3 Å². The van der Waals surface area contributed by atoms with Crippen LogP contribution in [-0.2, 0) is 0 Å². The van der Waals surface area contributed by atoms with Gasteiger partial charge in [-0.3, -0.25) is 10.6 Å². The SMILES string of the molecule is FC1=C(Cl)CC(NC2NC(C3=CCCNC3)NC3=C2CC(C2=CCC(Cl)CC2)CC3)CC1. The van der Waals surface area contributed by atoms with Gasteiger partial charge >= 0.3 is 0 Å². The molecule has 4 N–H and O–H groups in total. The van der Waals surface area contributed by atoms with Crippen molar-refractivity contribution in [1.82, 2.24) is 21.3 Å². The van der Waals surface area contributed by atoms with Crippen LogP contribution in [0.1, 0.15) is 64.2 Å². The number of hydrogen-bond acceptors (Lipinski definition) is 4. The van der Waals surface area contributed by atoms with Crippen LogP contribution in [0, 0.1) is 5.92 Å². The summed E-state index contributed by atoms with van der Waals surface area (Å²) in [5.74, 6) is 0.462. The molecule has 7 heteroatoms. The Morgan fingerprint density at radius 2 is 1.94 bits per heavy atom. The Labute approximate surface area is 201 Å². The first-order chi connectivity index (χ1) is 15.6. The summed E-state index contributed by atoms with van der Waals surface area (Å²) in [5, 5.41) is 15.7. The summed E-state index contributed by atoms with van der Waals surface area (Å²) in [4.78, 5) is 0. The molecule has 3 aliphatic carbocycles. The third kappa shape index (κ3) is 5.12. The molecule has 4 nitrogen and oxygen atoms in total. The van der Waals surface area contributed by atoms with Crippen LogP contribution in [0.25, 0.3) is 0 Å². The van der Waals surface area contributed by atoms with E-state index in [4.69, 9.17) is 23.2 Å². The minimum absolute atomic E-state index is 0.0856. The molecule has 0 aromatic heterocycles. The van der Waals surface area contributed by atoms with E-state index in [1.807, 2.05) is 0 Å². The summed E-state index contributed by atoms with van der Waals surface area (Å²) in [7, 11) is 0. The average Bonchev–Trinajstić information content (AvgIpc) is 2.82. The van der Waals surface area contributed by atoms with Gasteiger partial charge in [-0.05, 0) is 75.0 Å². The van der Waals surface area contributed by atoms with E-state index in [0.29, 0.717) is 29.2 Å². The molecule has 0 aromatic carbocycles. The molecule has 0 amide bonds. The number of rotatable bonds is 4. The van der Waals surface area contributed by atoms with E-state index < -0.39 is 0 Å². The molecule has 0 saturated carbocycles. The van der Waals surface area contributed by atoms with Gasteiger partial charge in [0.15, 0.2) is 0 Å². The zero-order valence-electron chi connectivity index (χ0n) is 18.7. The molecular formula is C25H35Cl2FN4. The first-order valence-electron chi connectivity index (χ1n) is 12.3. The van der Waals surface area contributed by atoms with Gasteiger partial charge in [0, 0.05) is 36.5 Å². The fraction of sp³-hybridized carbons (Fsp3) is 0.680. The van der Waals surface area contributed by atoms with Crippen LogP contribution in [0.4, 0.5) is 4.39 Å². The molecule has 0 saturated heterocycles. The highest BCUT2D eigenvalue weighted by Gasteiger charge is 2.36. The Kier molecular flexibility index (Phi) is 7.30. The molecule has 0 radical (unpaired) electrons. The lowest BCUT2D eigenvalue weighted by molar-refractivity contribution is 0.289. The predicted octanol–water partition coefficient (Wildman–Crippen LogP) is 5.09. The van der Waals surface area contributed by atoms with E-state index in [1.54, 1.807) is 5.57 Å². The van der Waals surface area contributed by atoms with Crippen molar-refractivity contribution in [2.75, 3.05) is 13.1 Å². The van der Waals surface area contributed by atoms with Gasteiger partial charge < -0.3 is 10.6 Å². The van der Waals surface area contributed by atoms with Gasteiger partial charge in [0.1, 0.15) is 12.0 Å². The molecule has 5 rings (SSSR count). The second-order valence-electron chi connectivity index (χ2n) is 9.93. The van der Waals surface area contributed by atoms with Crippen molar-refractivity contribution in [2.24, 2.45) is 5.92 Å². The Balaban J connectivity index is 1.36. The minimum atomic E-state index is -0.140. The summed E-state index contributed by atoms with van der Waals surface area (Å²) in [5.41, 5.74) is 5.82. The first kappa shape index (κ1) is 22.9. The van der Waals surface area contributed by atoms with E-state index in [0.717, 1.165) is 58.0 Å². The molecule has 0 fully saturated rings. The summed E-state index contributed by atoms with van der Waals surface area (Å²) in [6.45, 7) is 1.96. The summed E-state index contributed by atoms with van der Waals surface area (Å²) >= 11 is 12.5. The summed E-state index contributed by atoms with van der Waals surface area (Å²) in [6, 6.07) is 0.191. The van der Waals surface area contributed by atoms with Gasteiger partial charge in [-0.15, -0.1) is 11.6 Å². The zero-order chi connectivity index (χ0) is 22.1. The fourth-order valence-corrected chi connectivity index (χ4v) is 6.38. The Bertz CT molecular complexity index is 849. The van der Waals surface area contributed by atoms with Crippen LogP contribution < -0.4 is 21.3 Å². The van der Waals surface area contributed by atoms with E-state index in [9.17, 15) is 4.39 Å². The lowest BCUT2D eigenvalue weighted by Crippen LogP contribution is -2.62. The van der Waals surface area contributed by atoms with Crippen LogP contribution in [0.15, 0.2) is 45.4 Å². The number of hydrogen-bond donors (Lipinski definition) is 4. The number of nitrogens with one attached hydrogen (secondary N) is 4. The van der Waals surface area contributed by atoms with Crippen LogP contribution >= 0.6 is 23.2 Å². The second kappa shape index (κ2) is 10.2. The van der Waals surface area contributed by atoms with Gasteiger partial charge in [0.2, 0.25) is 0 Å². The lowest BCUT2D eigenvalue weighted by atomic mass is 9.76. The Morgan fingerprint density at radius 3 is 2.69 bits per heavy atom. The van der Waals surface area contributed by atoms with Crippen LogP contribution in [0.2, 0.25) is 0 Å². The summed E-state index contributed by atoms with van der Waals surface area (Å²) < 4.78 is 13.8. The maximum absolute atomic E-state index is 13.8. The quantitative estimate of drug-likeness (QED) is 0.334. The largest absolute Gasteiger partial charge is 0.370 e. The monoisotopic (exact) mass is 480 g/mol. The van der Waals surface area contributed by atoms with Crippen molar-refractivity contribution in [2.45, 2.75) is 88.0 Å². The van der Waals surface area contributed by atoms with Crippen molar-refractivity contribution in [3.63, 3.8) is 0 Å². The number of halogens is 3. The average molecular weight is 481 g/mol. The minimum Gasteiger partial charge on any atom is -0.370 e. The molecule has 0 bridgehead atoms. The fourth-order valence-electron chi connectivity index (χ4n) is 5.90. The maximum Gasteiger partial charge on any atom is 0.114 e. The van der Waals surface area contributed by atoms with Gasteiger partial charge in [-0.1, -0.05) is 29.3 Å². The van der Waals surface area contributed by atoms with Crippen molar-refractivity contribution in [3.05, 3.63) is 45.4 Å². The molecule has 176 valence electrons. The maximum atomic E-state index is 13.8. The van der Waals surface area contributed by atoms with E-state index >= 15 is 0 Å². The lowest BCUT2D eigenvalue weighted by Gasteiger charge is -2.44. The Morgan fingerprint density at radius 1 is 1.03 bits per heavy atom. The van der Waals surface area contributed by atoms with E-state index in [2.05, 4.69) is 33.4 Å². The molecule has 0 aromatic rings. The second-order valence-corrected chi connectivity index (χ2v) is 11.0. The Hall–Kier alpha value is -0.850. The predicted molar refractivity (Wildman–Crippen MR) is 130 cm³/mol. The summed E-state index contributed by atoms with van der Waals surface area (Å²) in [6.07, 6.45) is 14.4. The third-order valence-electron chi connectivity index (χ3n) is 7.77. The number of allylic oxidation sites excluding steroid dienone is 4. The van der Waals surface area contributed by atoms with Gasteiger partial charge in [0.05, 0.1) is 11.2 Å². The van der Waals surface area contributed by atoms with Crippen molar-refractivity contribution < 1.29 is 4.39 Å². The topological polar surface area (TPSA) is 48.1 Å². The highest BCUT2D eigenvalue weighted by molar-refractivity contribution is 6.29. The van der Waals surface area contributed by atoms with Crippen LogP contribution in [0.5, 0.6) is 0 Å². The van der Waals surface area contributed by atoms with Crippen molar-refractivity contribution in [3.8, 4) is 0 Å². The molecule has 32 heavy (non-hydrogen) atoms. The first-order valence-corrected chi connectivity index (χ1v) is 13.1. The van der Waals surface area contributed by atoms with Gasteiger partial charge in [-0.2, -0.15) is 0 Å². The van der Waals surface area contributed by atoms with Crippen LogP contribution in [0.3, 0.4) is 0 Å². The molecule has 5 unspecified atom stereocenters.